The molecule has 0 bridgehead atoms. The molecule has 1 rings (SSSR count). The summed E-state index contributed by atoms with van der Waals surface area (Å²) >= 11 is 0. The van der Waals surface area contributed by atoms with Crippen molar-refractivity contribution in [2.75, 3.05) is 6.54 Å². The Hall–Kier alpha value is -0.0800. The van der Waals surface area contributed by atoms with Gasteiger partial charge in [0.05, 0.1) is 0 Å². The Morgan fingerprint density at radius 3 is 2.33 bits per heavy atom. The van der Waals surface area contributed by atoms with Crippen LogP contribution in [0, 0.1) is 0 Å². The van der Waals surface area contributed by atoms with E-state index in [1.165, 1.54) is 12.8 Å². The van der Waals surface area contributed by atoms with Crippen molar-refractivity contribution >= 4 is 0 Å². The fraction of sp³-hybridized carbons (Fsp3) is 1.00. The van der Waals surface area contributed by atoms with Crippen molar-refractivity contribution < 1.29 is 0 Å². The average Bonchev–Trinajstić information content (AvgIpc) is 2.88. The number of hydrogen-bond donors (Lipinski definition) is 1. The Bertz CT molecular complexity index is 132. The molecular formula is C10H22N2. The molecule has 0 aliphatic heterocycles. The van der Waals surface area contributed by atoms with Gasteiger partial charge in [0, 0.05) is 18.1 Å². The fourth-order valence-corrected chi connectivity index (χ4v) is 1.87. The van der Waals surface area contributed by atoms with Crippen LogP contribution < -0.4 is 5.73 Å². The average molecular weight is 170 g/mol. The Morgan fingerprint density at radius 2 is 2.00 bits per heavy atom. The Kier molecular flexibility index (Phi) is 3.53. The van der Waals surface area contributed by atoms with Crippen molar-refractivity contribution in [3.8, 4) is 0 Å². The first-order chi connectivity index (χ1) is 5.70. The van der Waals surface area contributed by atoms with Gasteiger partial charge in [-0.15, -0.1) is 0 Å². The van der Waals surface area contributed by atoms with E-state index < -0.39 is 0 Å². The molecule has 0 aromatic rings. The van der Waals surface area contributed by atoms with E-state index in [0.717, 1.165) is 19.0 Å². The van der Waals surface area contributed by atoms with Gasteiger partial charge in [0.1, 0.15) is 0 Å². The lowest BCUT2D eigenvalue weighted by atomic mass is 10.1. The third kappa shape index (κ3) is 2.20. The van der Waals surface area contributed by atoms with E-state index >= 15 is 0 Å². The third-order valence-corrected chi connectivity index (χ3v) is 3.00. The predicted molar refractivity (Wildman–Crippen MR) is 53.1 cm³/mol. The minimum Gasteiger partial charge on any atom is -0.326 e. The first-order valence-electron chi connectivity index (χ1n) is 5.22. The normalized spacial score (nSPS) is 22.8. The van der Waals surface area contributed by atoms with Gasteiger partial charge in [0.25, 0.3) is 0 Å². The molecule has 2 atom stereocenters. The van der Waals surface area contributed by atoms with E-state index in [0.29, 0.717) is 12.1 Å². The molecule has 0 aromatic carbocycles. The van der Waals surface area contributed by atoms with Crippen LogP contribution in [0.5, 0.6) is 0 Å². The van der Waals surface area contributed by atoms with Crippen LogP contribution in [0.3, 0.4) is 0 Å². The van der Waals surface area contributed by atoms with E-state index in [1.807, 2.05) is 0 Å². The minimum absolute atomic E-state index is 0.352. The predicted octanol–water partition coefficient (Wildman–Crippen LogP) is 1.60. The highest BCUT2D eigenvalue weighted by Gasteiger charge is 2.32. The van der Waals surface area contributed by atoms with Gasteiger partial charge in [-0.1, -0.05) is 13.8 Å². The third-order valence-electron chi connectivity index (χ3n) is 3.00. The largest absolute Gasteiger partial charge is 0.326 e. The van der Waals surface area contributed by atoms with E-state index in [4.69, 9.17) is 5.73 Å². The van der Waals surface area contributed by atoms with Crippen molar-refractivity contribution in [1.82, 2.24) is 4.90 Å². The van der Waals surface area contributed by atoms with Crippen molar-refractivity contribution in [2.45, 2.75) is 58.2 Å². The highest BCUT2D eigenvalue weighted by atomic mass is 15.2. The van der Waals surface area contributed by atoms with Crippen LogP contribution >= 0.6 is 0 Å². The summed E-state index contributed by atoms with van der Waals surface area (Å²) in [5, 5.41) is 0. The zero-order valence-electron chi connectivity index (χ0n) is 8.59. The summed E-state index contributed by atoms with van der Waals surface area (Å²) in [4.78, 5) is 2.55. The van der Waals surface area contributed by atoms with E-state index in [9.17, 15) is 0 Å². The van der Waals surface area contributed by atoms with Gasteiger partial charge in [-0.05, 0) is 32.7 Å². The van der Waals surface area contributed by atoms with Gasteiger partial charge in [-0.25, -0.2) is 0 Å². The first kappa shape index (κ1) is 10.0. The second-order valence-corrected chi connectivity index (χ2v) is 3.87. The first-order valence-corrected chi connectivity index (χ1v) is 5.22. The van der Waals surface area contributed by atoms with Gasteiger partial charge >= 0.3 is 0 Å². The molecule has 2 unspecified atom stereocenters. The Labute approximate surface area is 76.1 Å². The Morgan fingerprint density at radius 1 is 1.42 bits per heavy atom. The summed E-state index contributed by atoms with van der Waals surface area (Å²) in [5.41, 5.74) is 6.02. The number of rotatable bonds is 5. The molecule has 0 spiro atoms. The molecule has 12 heavy (non-hydrogen) atoms. The smallest absolute Gasteiger partial charge is 0.0221 e. The van der Waals surface area contributed by atoms with Gasteiger partial charge in [0.15, 0.2) is 0 Å². The van der Waals surface area contributed by atoms with Crippen LogP contribution in [-0.4, -0.2) is 29.6 Å². The van der Waals surface area contributed by atoms with Crippen LogP contribution in [-0.2, 0) is 0 Å². The molecule has 0 amide bonds. The van der Waals surface area contributed by atoms with E-state index in [1.54, 1.807) is 0 Å². The fourth-order valence-electron chi connectivity index (χ4n) is 1.87. The number of likely N-dealkylation sites (N-methyl/N-ethyl adjacent to an activating group) is 1. The lowest BCUT2D eigenvalue weighted by Crippen LogP contribution is -2.46. The maximum Gasteiger partial charge on any atom is 0.0221 e. The van der Waals surface area contributed by atoms with E-state index in [-0.39, 0.29) is 0 Å². The summed E-state index contributed by atoms with van der Waals surface area (Å²) in [7, 11) is 0. The maximum atomic E-state index is 6.02. The molecule has 2 nitrogen and oxygen atoms in total. The van der Waals surface area contributed by atoms with Crippen LogP contribution in [0.4, 0.5) is 0 Å². The molecule has 2 heteroatoms. The molecule has 0 radical (unpaired) electrons. The standard InChI is InChI=1S/C10H22N2/c1-4-10(11)8(3)12(5-2)9-6-7-9/h8-10H,4-7,11H2,1-3H3. The van der Waals surface area contributed by atoms with Crippen molar-refractivity contribution in [3.63, 3.8) is 0 Å². The zero-order chi connectivity index (χ0) is 9.14. The van der Waals surface area contributed by atoms with E-state index in [2.05, 4.69) is 25.7 Å². The molecule has 1 aliphatic carbocycles. The highest BCUT2D eigenvalue weighted by Crippen LogP contribution is 2.28. The zero-order valence-corrected chi connectivity index (χ0v) is 8.59. The van der Waals surface area contributed by atoms with Gasteiger partial charge in [-0.3, -0.25) is 4.90 Å². The van der Waals surface area contributed by atoms with Crippen molar-refractivity contribution in [2.24, 2.45) is 5.73 Å². The second kappa shape index (κ2) is 4.24. The summed E-state index contributed by atoms with van der Waals surface area (Å²) in [6, 6.07) is 1.76. The summed E-state index contributed by atoms with van der Waals surface area (Å²) in [5.74, 6) is 0. The number of nitrogens with zero attached hydrogens (tertiary/aromatic N) is 1. The molecular weight excluding hydrogens is 148 g/mol. The number of hydrogen-bond acceptors (Lipinski definition) is 2. The molecule has 0 heterocycles. The number of nitrogens with two attached hydrogens (primary N) is 1. The molecule has 1 fully saturated rings. The minimum atomic E-state index is 0.352. The Balaban J connectivity index is 2.40. The second-order valence-electron chi connectivity index (χ2n) is 3.87. The molecule has 0 saturated heterocycles. The van der Waals surface area contributed by atoms with Crippen LogP contribution in [0.25, 0.3) is 0 Å². The SMILES string of the molecule is CCC(N)C(C)N(CC)C1CC1. The van der Waals surface area contributed by atoms with Crippen molar-refractivity contribution in [3.05, 3.63) is 0 Å². The quantitative estimate of drug-likeness (QED) is 0.679. The molecule has 0 aromatic heterocycles. The molecule has 2 N–H and O–H groups in total. The van der Waals surface area contributed by atoms with Crippen molar-refractivity contribution in [1.29, 1.82) is 0 Å². The van der Waals surface area contributed by atoms with Gasteiger partial charge in [-0.2, -0.15) is 0 Å². The molecule has 1 aliphatic rings. The van der Waals surface area contributed by atoms with Crippen LogP contribution in [0.15, 0.2) is 0 Å². The molecule has 72 valence electrons. The summed E-state index contributed by atoms with van der Waals surface area (Å²) in [6.45, 7) is 7.81. The maximum absolute atomic E-state index is 6.02. The van der Waals surface area contributed by atoms with Gasteiger partial charge < -0.3 is 5.73 Å². The summed E-state index contributed by atoms with van der Waals surface area (Å²) in [6.07, 6.45) is 3.85. The monoisotopic (exact) mass is 170 g/mol. The summed E-state index contributed by atoms with van der Waals surface area (Å²) < 4.78 is 0. The van der Waals surface area contributed by atoms with Crippen LogP contribution in [0.1, 0.15) is 40.0 Å². The lowest BCUT2D eigenvalue weighted by molar-refractivity contribution is 0.181. The highest BCUT2D eigenvalue weighted by molar-refractivity contribution is 4.89. The topological polar surface area (TPSA) is 29.3 Å². The molecule has 1 saturated carbocycles. The lowest BCUT2D eigenvalue weighted by Gasteiger charge is -2.31. The van der Waals surface area contributed by atoms with Crippen LogP contribution in [0.2, 0.25) is 0 Å². The van der Waals surface area contributed by atoms with Gasteiger partial charge in [0.2, 0.25) is 0 Å².